The molecule has 0 rings (SSSR count). The van der Waals surface area contributed by atoms with Crippen molar-refractivity contribution in [3.05, 3.63) is 24.3 Å². The molecule has 8 heteroatoms. The van der Waals surface area contributed by atoms with Gasteiger partial charge in [0.1, 0.15) is 0 Å². The van der Waals surface area contributed by atoms with Crippen molar-refractivity contribution in [2.75, 3.05) is 32.6 Å². The van der Waals surface area contributed by atoms with Gasteiger partial charge in [-0.25, -0.2) is 9.59 Å². The van der Waals surface area contributed by atoms with Crippen LogP contribution in [0.5, 0.6) is 0 Å². The predicted molar refractivity (Wildman–Crippen MR) is 128 cm³/mol. The summed E-state index contributed by atoms with van der Waals surface area (Å²) in [5, 5.41) is 0. The standard InChI is InChI=1S/C24H43O7P/c1-6-7-8-9-10-15-20-32(27,30-18-13-11-16-28-23(25)21(2)3)31-19-14-12-17-29-24(26)22(4)5/h2,4,6-20H2,1,3,5H3. The number of esters is 2. The Labute approximate surface area is 194 Å². The van der Waals surface area contributed by atoms with Crippen molar-refractivity contribution in [3.8, 4) is 0 Å². The third-order valence-electron chi connectivity index (χ3n) is 4.60. The van der Waals surface area contributed by atoms with Crippen molar-refractivity contribution >= 4 is 19.5 Å². The number of hydrogen-bond acceptors (Lipinski definition) is 7. The smallest absolute Gasteiger partial charge is 0.333 e. The van der Waals surface area contributed by atoms with Crippen LogP contribution in [0.2, 0.25) is 0 Å². The number of ether oxygens (including phenoxy) is 2. The first-order valence-electron chi connectivity index (χ1n) is 11.7. The van der Waals surface area contributed by atoms with Gasteiger partial charge in [-0.15, -0.1) is 0 Å². The van der Waals surface area contributed by atoms with Crippen molar-refractivity contribution in [2.24, 2.45) is 0 Å². The van der Waals surface area contributed by atoms with Gasteiger partial charge < -0.3 is 18.5 Å². The first kappa shape index (κ1) is 30.6. The summed E-state index contributed by atoms with van der Waals surface area (Å²) in [7, 11) is -3.19. The van der Waals surface area contributed by atoms with Gasteiger partial charge in [0.05, 0.1) is 32.6 Å². The van der Waals surface area contributed by atoms with Gasteiger partial charge in [-0.3, -0.25) is 4.57 Å². The fraction of sp³-hybridized carbons (Fsp3) is 0.750. The highest BCUT2D eigenvalue weighted by Crippen LogP contribution is 2.49. The SMILES string of the molecule is C=C(C)C(=O)OCCCCOP(=O)(CCCCCCCC)OCCCCOC(=O)C(=C)C. The molecule has 0 amide bonds. The molecule has 0 aliphatic heterocycles. The molecule has 0 unspecified atom stereocenters. The molecule has 0 saturated carbocycles. The summed E-state index contributed by atoms with van der Waals surface area (Å²) in [6, 6.07) is 0. The summed E-state index contributed by atoms with van der Waals surface area (Å²) in [6.45, 7) is 13.6. The van der Waals surface area contributed by atoms with E-state index in [1.807, 2.05) is 0 Å². The highest BCUT2D eigenvalue weighted by Gasteiger charge is 2.23. The van der Waals surface area contributed by atoms with Crippen molar-refractivity contribution in [1.29, 1.82) is 0 Å². The molecule has 0 bridgehead atoms. The van der Waals surface area contributed by atoms with Crippen LogP contribution in [-0.2, 0) is 32.7 Å². The van der Waals surface area contributed by atoms with E-state index in [0.29, 0.717) is 43.0 Å². The van der Waals surface area contributed by atoms with E-state index in [4.69, 9.17) is 18.5 Å². The Kier molecular flexibility index (Phi) is 18.2. The molecule has 0 atom stereocenters. The molecule has 0 aromatic carbocycles. The van der Waals surface area contributed by atoms with E-state index >= 15 is 0 Å². The van der Waals surface area contributed by atoms with Gasteiger partial charge >= 0.3 is 19.5 Å². The van der Waals surface area contributed by atoms with Gasteiger partial charge in [0.15, 0.2) is 0 Å². The monoisotopic (exact) mass is 474 g/mol. The highest BCUT2D eigenvalue weighted by atomic mass is 31.2. The second-order valence-corrected chi connectivity index (χ2v) is 10.2. The van der Waals surface area contributed by atoms with Crippen molar-refractivity contribution < 1.29 is 32.7 Å². The first-order valence-corrected chi connectivity index (χ1v) is 13.5. The molecule has 0 saturated heterocycles. The van der Waals surface area contributed by atoms with Crippen LogP contribution in [0.3, 0.4) is 0 Å². The largest absolute Gasteiger partial charge is 0.462 e. The maximum absolute atomic E-state index is 13.1. The Bertz CT molecular complexity index is 573. The fourth-order valence-electron chi connectivity index (χ4n) is 2.64. The van der Waals surface area contributed by atoms with Gasteiger partial charge in [-0.1, -0.05) is 52.2 Å². The van der Waals surface area contributed by atoms with Gasteiger partial charge in [0, 0.05) is 11.1 Å². The average Bonchev–Trinajstić information content (AvgIpc) is 2.75. The quantitative estimate of drug-likeness (QED) is 0.0826. The van der Waals surface area contributed by atoms with Crippen LogP contribution in [0.15, 0.2) is 24.3 Å². The molecule has 0 aliphatic carbocycles. The van der Waals surface area contributed by atoms with Crippen LogP contribution in [0.25, 0.3) is 0 Å². The van der Waals surface area contributed by atoms with E-state index in [2.05, 4.69) is 20.1 Å². The number of hydrogen-bond donors (Lipinski definition) is 0. The second kappa shape index (κ2) is 19.1. The summed E-state index contributed by atoms with van der Waals surface area (Å²) < 4.78 is 34.5. The lowest BCUT2D eigenvalue weighted by Gasteiger charge is -2.19. The number of rotatable bonds is 21. The van der Waals surface area contributed by atoms with Crippen molar-refractivity contribution in [2.45, 2.75) is 85.0 Å². The van der Waals surface area contributed by atoms with E-state index in [1.165, 1.54) is 19.3 Å². The number of unbranched alkanes of at least 4 members (excludes halogenated alkanes) is 7. The van der Waals surface area contributed by atoms with E-state index in [-0.39, 0.29) is 26.4 Å². The molecule has 0 radical (unpaired) electrons. The van der Waals surface area contributed by atoms with E-state index in [1.54, 1.807) is 13.8 Å². The third kappa shape index (κ3) is 17.2. The summed E-state index contributed by atoms with van der Waals surface area (Å²) in [6.07, 6.45) is 9.38. The molecule has 0 N–H and O–H groups in total. The Balaban J connectivity index is 4.27. The minimum Gasteiger partial charge on any atom is -0.462 e. The molecule has 0 fully saturated rings. The Morgan fingerprint density at radius 2 is 1.06 bits per heavy atom. The summed E-state index contributed by atoms with van der Waals surface area (Å²) in [5.41, 5.74) is 0.736. The minimum absolute atomic E-state index is 0.278. The minimum atomic E-state index is -3.19. The molecule has 0 aliphatic rings. The van der Waals surface area contributed by atoms with Crippen LogP contribution in [0.4, 0.5) is 0 Å². The lowest BCUT2D eigenvalue weighted by molar-refractivity contribution is -0.139. The summed E-state index contributed by atoms with van der Waals surface area (Å²) in [5.74, 6) is -0.811. The lowest BCUT2D eigenvalue weighted by atomic mass is 10.1. The van der Waals surface area contributed by atoms with Gasteiger partial charge in [0.2, 0.25) is 0 Å². The van der Waals surface area contributed by atoms with Gasteiger partial charge in [0.25, 0.3) is 0 Å². The van der Waals surface area contributed by atoms with E-state index in [9.17, 15) is 14.2 Å². The summed E-state index contributed by atoms with van der Waals surface area (Å²) >= 11 is 0. The zero-order chi connectivity index (χ0) is 24.2. The molecular weight excluding hydrogens is 431 g/mol. The Hall–Kier alpha value is -1.43. The van der Waals surface area contributed by atoms with Crippen LogP contribution in [0.1, 0.15) is 85.0 Å². The van der Waals surface area contributed by atoms with E-state index < -0.39 is 19.5 Å². The first-order chi connectivity index (χ1) is 15.2. The average molecular weight is 475 g/mol. The molecule has 0 aromatic rings. The molecular formula is C24H43O7P. The highest BCUT2D eigenvalue weighted by molar-refractivity contribution is 7.53. The lowest BCUT2D eigenvalue weighted by Crippen LogP contribution is -2.08. The predicted octanol–water partition coefficient (Wildman–Crippen LogP) is 6.37. The molecule has 0 heterocycles. The van der Waals surface area contributed by atoms with Gasteiger partial charge in [-0.2, -0.15) is 0 Å². The van der Waals surface area contributed by atoms with Crippen molar-refractivity contribution in [3.63, 3.8) is 0 Å². The van der Waals surface area contributed by atoms with Crippen molar-refractivity contribution in [1.82, 2.24) is 0 Å². The zero-order valence-corrected chi connectivity index (χ0v) is 21.2. The van der Waals surface area contributed by atoms with E-state index in [0.717, 1.165) is 19.3 Å². The second-order valence-electron chi connectivity index (χ2n) is 8.02. The Morgan fingerprint density at radius 3 is 1.50 bits per heavy atom. The molecule has 0 aromatic heterocycles. The molecule has 7 nitrogen and oxygen atoms in total. The zero-order valence-electron chi connectivity index (χ0n) is 20.3. The normalized spacial score (nSPS) is 11.2. The maximum Gasteiger partial charge on any atom is 0.333 e. The third-order valence-corrected chi connectivity index (χ3v) is 6.62. The Morgan fingerprint density at radius 1 is 0.656 bits per heavy atom. The van der Waals surface area contributed by atoms with Crippen LogP contribution in [0, 0.1) is 0 Å². The molecule has 0 spiro atoms. The van der Waals surface area contributed by atoms with Crippen LogP contribution < -0.4 is 0 Å². The number of carbonyl (C=O) groups excluding carboxylic acids is 2. The van der Waals surface area contributed by atoms with Crippen LogP contribution in [-0.4, -0.2) is 44.5 Å². The fourth-order valence-corrected chi connectivity index (χ4v) is 4.40. The molecule has 186 valence electrons. The van der Waals surface area contributed by atoms with Crippen LogP contribution >= 0.6 is 7.60 Å². The number of carbonyl (C=O) groups is 2. The molecule has 32 heavy (non-hydrogen) atoms. The van der Waals surface area contributed by atoms with Gasteiger partial charge in [-0.05, 0) is 46.0 Å². The topological polar surface area (TPSA) is 88.1 Å². The maximum atomic E-state index is 13.1. The summed E-state index contributed by atoms with van der Waals surface area (Å²) in [4.78, 5) is 22.7.